The summed E-state index contributed by atoms with van der Waals surface area (Å²) in [6, 6.07) is -0.425. The largest absolute Gasteiger partial charge is 0.444 e. The molecule has 0 aromatic rings. The van der Waals surface area contributed by atoms with E-state index in [1.807, 2.05) is 0 Å². The van der Waals surface area contributed by atoms with Crippen molar-refractivity contribution in [2.45, 2.75) is 45.3 Å². The number of hydrogen-bond donors (Lipinski definition) is 1. The Hall–Kier alpha value is -1.63. The fourth-order valence-corrected chi connectivity index (χ4v) is 1.70. The van der Waals surface area contributed by atoms with Gasteiger partial charge in [0.25, 0.3) is 0 Å². The fourth-order valence-electron chi connectivity index (χ4n) is 1.70. The number of likely N-dealkylation sites (N-methyl/N-ethyl adjacent to an activating group) is 1. The van der Waals surface area contributed by atoms with E-state index < -0.39 is 29.7 Å². The van der Waals surface area contributed by atoms with Crippen molar-refractivity contribution in [3.05, 3.63) is 0 Å². The molecule has 0 unspecified atom stereocenters. The van der Waals surface area contributed by atoms with Crippen LogP contribution in [-0.2, 0) is 19.1 Å². The summed E-state index contributed by atoms with van der Waals surface area (Å²) in [5.41, 5.74) is -0.640. The van der Waals surface area contributed by atoms with Gasteiger partial charge in [-0.05, 0) is 40.2 Å². The molecule has 0 spiro atoms. The summed E-state index contributed by atoms with van der Waals surface area (Å²) in [4.78, 5) is 35.9. The molecule has 0 aromatic heterocycles. The van der Waals surface area contributed by atoms with Gasteiger partial charge in [-0.25, -0.2) is 14.4 Å². The Labute approximate surface area is 118 Å². The lowest BCUT2D eigenvalue weighted by atomic mass is 10.2. The molecular formula is C13H22N2O5. The maximum atomic E-state index is 11.6. The van der Waals surface area contributed by atoms with Crippen molar-refractivity contribution >= 4 is 18.0 Å². The molecule has 1 heterocycles. The van der Waals surface area contributed by atoms with Gasteiger partial charge in [0.2, 0.25) is 0 Å². The van der Waals surface area contributed by atoms with Gasteiger partial charge in [-0.3, -0.25) is 0 Å². The van der Waals surface area contributed by atoms with Gasteiger partial charge in [0.15, 0.2) is 0 Å². The molecule has 1 aliphatic heterocycles. The highest BCUT2D eigenvalue weighted by molar-refractivity contribution is 5.90. The van der Waals surface area contributed by atoms with E-state index in [2.05, 4.69) is 5.32 Å². The second-order valence-electron chi connectivity index (χ2n) is 5.78. The number of carbonyl (C=O) groups is 3. The van der Waals surface area contributed by atoms with Gasteiger partial charge in [-0.1, -0.05) is 0 Å². The van der Waals surface area contributed by atoms with Gasteiger partial charge in [-0.15, -0.1) is 0 Å². The second kappa shape index (κ2) is 6.69. The van der Waals surface area contributed by atoms with Crippen molar-refractivity contribution < 1.29 is 23.9 Å². The molecule has 0 aliphatic carbocycles. The lowest BCUT2D eigenvalue weighted by Crippen LogP contribution is -2.40. The van der Waals surface area contributed by atoms with Crippen LogP contribution < -0.4 is 5.32 Å². The molecule has 0 bridgehead atoms. The minimum Gasteiger partial charge on any atom is -0.444 e. The van der Waals surface area contributed by atoms with Crippen LogP contribution in [-0.4, -0.2) is 54.7 Å². The topological polar surface area (TPSA) is 84.9 Å². The van der Waals surface area contributed by atoms with Crippen LogP contribution in [0.15, 0.2) is 0 Å². The molecule has 7 nitrogen and oxygen atoms in total. The zero-order valence-electron chi connectivity index (χ0n) is 12.4. The van der Waals surface area contributed by atoms with Crippen molar-refractivity contribution in [1.82, 2.24) is 10.2 Å². The van der Waals surface area contributed by atoms with E-state index in [1.54, 1.807) is 20.8 Å². The molecule has 1 rings (SSSR count). The molecule has 1 N–H and O–H groups in total. The fraction of sp³-hybridized carbons (Fsp3) is 0.769. The summed E-state index contributed by atoms with van der Waals surface area (Å²) in [6.07, 6.45) is 0.903. The molecule has 1 aliphatic rings. The number of nitrogens with one attached hydrogen (secondary N) is 1. The predicted octanol–water partition coefficient (Wildman–Crippen LogP) is 0.675. The van der Waals surface area contributed by atoms with Crippen molar-refractivity contribution in [2.75, 3.05) is 20.1 Å². The lowest BCUT2D eigenvalue weighted by molar-refractivity contribution is -0.161. The Kier molecular flexibility index (Phi) is 5.50. The Morgan fingerprint density at radius 2 is 1.95 bits per heavy atom. The Morgan fingerprint density at radius 3 is 2.45 bits per heavy atom. The van der Waals surface area contributed by atoms with Crippen LogP contribution in [0.3, 0.4) is 0 Å². The third-order valence-corrected chi connectivity index (χ3v) is 2.63. The molecule has 1 atom stereocenters. The number of carbonyl (C=O) groups excluding carboxylic acids is 3. The number of nitrogens with zero attached hydrogens (tertiary/aromatic N) is 1. The van der Waals surface area contributed by atoms with E-state index >= 15 is 0 Å². The Bertz CT molecular complexity index is 383. The monoisotopic (exact) mass is 286 g/mol. The molecule has 20 heavy (non-hydrogen) atoms. The number of rotatable bonds is 3. The van der Waals surface area contributed by atoms with E-state index in [9.17, 15) is 14.4 Å². The van der Waals surface area contributed by atoms with Crippen LogP contribution in [0.5, 0.6) is 0 Å². The molecule has 0 aromatic carbocycles. The van der Waals surface area contributed by atoms with Crippen LogP contribution in [0.4, 0.5) is 4.79 Å². The SMILES string of the molecule is CN(CC(=O)OC(=O)[C@@H]1CCCN1)C(=O)OC(C)(C)C. The normalized spacial score (nSPS) is 18.5. The highest BCUT2D eigenvalue weighted by Crippen LogP contribution is 2.09. The molecule has 1 fully saturated rings. The van der Waals surface area contributed by atoms with E-state index in [0.29, 0.717) is 6.42 Å². The summed E-state index contributed by atoms with van der Waals surface area (Å²) >= 11 is 0. The zero-order valence-corrected chi connectivity index (χ0v) is 12.4. The lowest BCUT2D eigenvalue weighted by Gasteiger charge is -2.24. The summed E-state index contributed by atoms with van der Waals surface area (Å²) in [6.45, 7) is 5.60. The number of esters is 2. The number of amides is 1. The average molecular weight is 286 g/mol. The minimum atomic E-state index is -0.767. The van der Waals surface area contributed by atoms with E-state index in [1.165, 1.54) is 7.05 Å². The highest BCUT2D eigenvalue weighted by atomic mass is 16.6. The standard InChI is InChI=1S/C13H22N2O5/c1-13(2,3)20-12(18)15(4)8-10(16)19-11(17)9-6-5-7-14-9/h9,14H,5-8H2,1-4H3/t9-/m0/s1. The van der Waals surface area contributed by atoms with Gasteiger partial charge in [0.1, 0.15) is 18.2 Å². The van der Waals surface area contributed by atoms with Gasteiger partial charge >= 0.3 is 18.0 Å². The maximum absolute atomic E-state index is 11.6. The van der Waals surface area contributed by atoms with Gasteiger partial charge in [-0.2, -0.15) is 0 Å². The maximum Gasteiger partial charge on any atom is 0.410 e. The van der Waals surface area contributed by atoms with E-state index in [-0.39, 0.29) is 6.54 Å². The molecule has 0 saturated carbocycles. The number of ether oxygens (including phenoxy) is 2. The van der Waals surface area contributed by atoms with Crippen molar-refractivity contribution in [3.8, 4) is 0 Å². The van der Waals surface area contributed by atoms with Gasteiger partial charge < -0.3 is 19.7 Å². The Morgan fingerprint density at radius 1 is 1.30 bits per heavy atom. The molecule has 7 heteroatoms. The third-order valence-electron chi connectivity index (χ3n) is 2.63. The summed E-state index contributed by atoms with van der Waals surface area (Å²) in [7, 11) is 1.41. The first kappa shape index (κ1) is 16.4. The first-order valence-electron chi connectivity index (χ1n) is 6.61. The highest BCUT2D eigenvalue weighted by Gasteiger charge is 2.27. The van der Waals surface area contributed by atoms with Crippen LogP contribution in [0.2, 0.25) is 0 Å². The van der Waals surface area contributed by atoms with Crippen LogP contribution in [0, 0.1) is 0 Å². The van der Waals surface area contributed by atoms with E-state index in [4.69, 9.17) is 9.47 Å². The first-order valence-corrected chi connectivity index (χ1v) is 6.61. The van der Waals surface area contributed by atoms with Crippen LogP contribution in [0.25, 0.3) is 0 Å². The van der Waals surface area contributed by atoms with Crippen LogP contribution >= 0.6 is 0 Å². The Balaban J connectivity index is 2.37. The zero-order chi connectivity index (χ0) is 15.3. The summed E-state index contributed by atoms with van der Waals surface area (Å²) in [5.74, 6) is -1.36. The smallest absolute Gasteiger partial charge is 0.410 e. The molecule has 114 valence electrons. The molecule has 1 amide bonds. The summed E-state index contributed by atoms with van der Waals surface area (Å²) < 4.78 is 9.78. The second-order valence-corrected chi connectivity index (χ2v) is 5.78. The number of hydrogen-bond acceptors (Lipinski definition) is 6. The van der Waals surface area contributed by atoms with Crippen molar-refractivity contribution in [1.29, 1.82) is 0 Å². The van der Waals surface area contributed by atoms with Gasteiger partial charge in [0.05, 0.1) is 0 Å². The molecule has 0 radical (unpaired) electrons. The average Bonchev–Trinajstić information content (AvgIpc) is 2.79. The first-order chi connectivity index (χ1) is 9.19. The predicted molar refractivity (Wildman–Crippen MR) is 71.0 cm³/mol. The quantitative estimate of drug-likeness (QED) is 0.606. The van der Waals surface area contributed by atoms with Crippen molar-refractivity contribution in [2.24, 2.45) is 0 Å². The van der Waals surface area contributed by atoms with Gasteiger partial charge in [0, 0.05) is 7.05 Å². The van der Waals surface area contributed by atoms with Crippen molar-refractivity contribution in [3.63, 3.8) is 0 Å². The molecular weight excluding hydrogens is 264 g/mol. The minimum absolute atomic E-state index is 0.326. The summed E-state index contributed by atoms with van der Waals surface area (Å²) in [5, 5.41) is 2.94. The third kappa shape index (κ3) is 5.56. The molecule has 1 saturated heterocycles. The van der Waals surface area contributed by atoms with E-state index in [0.717, 1.165) is 17.9 Å². The van der Waals surface area contributed by atoms with Crippen LogP contribution in [0.1, 0.15) is 33.6 Å².